The summed E-state index contributed by atoms with van der Waals surface area (Å²) in [5.74, 6) is 0.737. The van der Waals surface area contributed by atoms with Gasteiger partial charge in [0.1, 0.15) is 0 Å². The van der Waals surface area contributed by atoms with Gasteiger partial charge in [0, 0.05) is 18.5 Å². The Morgan fingerprint density at radius 1 is 1.47 bits per heavy atom. The average molecular weight is 236 g/mol. The molecule has 0 bridgehead atoms. The monoisotopic (exact) mass is 236 g/mol. The fourth-order valence-corrected chi connectivity index (χ4v) is 2.00. The first-order chi connectivity index (χ1) is 7.96. The van der Waals surface area contributed by atoms with Crippen molar-refractivity contribution in [1.29, 1.82) is 0 Å². The number of aromatic amines is 1. The number of nitrogens with one attached hydrogen (secondary N) is 3. The highest BCUT2D eigenvalue weighted by molar-refractivity contribution is 5.91. The maximum Gasteiger partial charge on any atom is 0.226 e. The van der Waals surface area contributed by atoms with E-state index in [1.807, 2.05) is 0 Å². The van der Waals surface area contributed by atoms with Crippen molar-refractivity contribution in [1.82, 2.24) is 15.5 Å². The largest absolute Gasteiger partial charge is 0.311 e. The molecule has 94 valence electrons. The number of aromatic nitrogens is 2. The van der Waals surface area contributed by atoms with Crippen molar-refractivity contribution in [3.8, 4) is 0 Å². The Hall–Kier alpha value is -1.36. The van der Waals surface area contributed by atoms with Crippen molar-refractivity contribution in [2.24, 2.45) is 5.41 Å². The molecule has 1 aliphatic rings. The molecule has 0 atom stereocenters. The summed E-state index contributed by atoms with van der Waals surface area (Å²) in [7, 11) is 0. The number of H-pyrrole nitrogens is 1. The second-order valence-corrected chi connectivity index (χ2v) is 5.74. The zero-order chi connectivity index (χ0) is 12.5. The quantitative estimate of drug-likeness (QED) is 0.727. The molecule has 0 aliphatic carbocycles. The van der Waals surface area contributed by atoms with Gasteiger partial charge in [0.05, 0.1) is 5.69 Å². The predicted octanol–water partition coefficient (Wildman–Crippen LogP) is 1.43. The van der Waals surface area contributed by atoms with Crippen LogP contribution in [0.15, 0.2) is 0 Å². The molecule has 0 fully saturated rings. The van der Waals surface area contributed by atoms with Crippen LogP contribution < -0.4 is 10.6 Å². The third-order valence-corrected chi connectivity index (χ3v) is 2.76. The Morgan fingerprint density at radius 2 is 2.24 bits per heavy atom. The standard InChI is InChI=1S/C12H20N4O/c1-12(2,3)6-10(17)14-11-8-4-5-13-7-9(8)15-16-11/h13H,4-7H2,1-3H3,(H2,14,15,16,17). The minimum Gasteiger partial charge on any atom is -0.311 e. The molecule has 1 aliphatic heterocycles. The van der Waals surface area contributed by atoms with Crippen molar-refractivity contribution < 1.29 is 4.79 Å². The van der Waals surface area contributed by atoms with E-state index in [0.29, 0.717) is 12.2 Å². The van der Waals surface area contributed by atoms with Crippen LogP contribution in [0, 0.1) is 5.41 Å². The van der Waals surface area contributed by atoms with Gasteiger partial charge in [-0.2, -0.15) is 5.10 Å². The highest BCUT2D eigenvalue weighted by atomic mass is 16.1. The van der Waals surface area contributed by atoms with E-state index in [1.54, 1.807) is 0 Å². The molecule has 2 rings (SSSR count). The molecule has 1 amide bonds. The lowest BCUT2D eigenvalue weighted by atomic mass is 9.92. The molecule has 0 saturated carbocycles. The molecule has 0 spiro atoms. The van der Waals surface area contributed by atoms with Crippen LogP contribution in [0.3, 0.4) is 0 Å². The van der Waals surface area contributed by atoms with Gasteiger partial charge in [-0.15, -0.1) is 0 Å². The van der Waals surface area contributed by atoms with Gasteiger partial charge >= 0.3 is 0 Å². The maximum atomic E-state index is 11.8. The van der Waals surface area contributed by atoms with Gasteiger partial charge in [-0.3, -0.25) is 9.89 Å². The Kier molecular flexibility index (Phi) is 3.19. The second-order valence-electron chi connectivity index (χ2n) is 5.74. The first kappa shape index (κ1) is 12.1. The average Bonchev–Trinajstić information content (AvgIpc) is 2.59. The lowest BCUT2D eigenvalue weighted by molar-refractivity contribution is -0.117. The van der Waals surface area contributed by atoms with Crippen LogP contribution in [0.2, 0.25) is 0 Å². The van der Waals surface area contributed by atoms with E-state index in [-0.39, 0.29) is 11.3 Å². The summed E-state index contributed by atoms with van der Waals surface area (Å²) in [5, 5.41) is 13.3. The smallest absolute Gasteiger partial charge is 0.226 e. The van der Waals surface area contributed by atoms with Gasteiger partial charge in [0.25, 0.3) is 0 Å². The maximum absolute atomic E-state index is 11.8. The van der Waals surface area contributed by atoms with Gasteiger partial charge in [-0.05, 0) is 18.4 Å². The Labute approximate surface area is 101 Å². The molecule has 5 heteroatoms. The summed E-state index contributed by atoms with van der Waals surface area (Å²) in [6, 6.07) is 0. The van der Waals surface area contributed by atoms with E-state index in [4.69, 9.17) is 0 Å². The van der Waals surface area contributed by atoms with E-state index in [1.165, 1.54) is 0 Å². The van der Waals surface area contributed by atoms with E-state index in [9.17, 15) is 4.79 Å². The molecule has 0 unspecified atom stereocenters. The minimum atomic E-state index is 0.00199. The van der Waals surface area contributed by atoms with Crippen LogP contribution in [0.5, 0.6) is 0 Å². The van der Waals surface area contributed by atoms with Gasteiger partial charge in [0.15, 0.2) is 5.82 Å². The number of fused-ring (bicyclic) bond motifs is 1. The molecule has 1 aromatic heterocycles. The lowest BCUT2D eigenvalue weighted by Crippen LogP contribution is -2.25. The van der Waals surface area contributed by atoms with Crippen LogP contribution in [0.1, 0.15) is 38.4 Å². The molecule has 1 aromatic rings. The van der Waals surface area contributed by atoms with Crippen molar-refractivity contribution in [3.05, 3.63) is 11.3 Å². The Bertz CT molecular complexity index is 417. The number of hydrogen-bond donors (Lipinski definition) is 3. The molecule has 5 nitrogen and oxygen atoms in total. The number of rotatable bonds is 2. The van der Waals surface area contributed by atoms with Crippen molar-refractivity contribution >= 4 is 11.7 Å². The van der Waals surface area contributed by atoms with Gasteiger partial charge < -0.3 is 10.6 Å². The van der Waals surface area contributed by atoms with E-state index in [0.717, 1.165) is 30.8 Å². The lowest BCUT2D eigenvalue weighted by Gasteiger charge is -2.17. The topological polar surface area (TPSA) is 69.8 Å². The molecule has 0 aromatic carbocycles. The second kappa shape index (κ2) is 4.49. The fraction of sp³-hybridized carbons (Fsp3) is 0.667. The minimum absolute atomic E-state index is 0.00199. The van der Waals surface area contributed by atoms with Crippen molar-refractivity contribution in [2.75, 3.05) is 11.9 Å². The van der Waals surface area contributed by atoms with E-state index < -0.39 is 0 Å². The zero-order valence-corrected chi connectivity index (χ0v) is 10.7. The number of amides is 1. The van der Waals surface area contributed by atoms with E-state index >= 15 is 0 Å². The summed E-state index contributed by atoms with van der Waals surface area (Å²) in [6.45, 7) is 7.90. The fourth-order valence-electron chi connectivity index (χ4n) is 2.00. The Morgan fingerprint density at radius 3 is 2.94 bits per heavy atom. The summed E-state index contributed by atoms with van der Waals surface area (Å²) >= 11 is 0. The SMILES string of the molecule is CC(C)(C)CC(=O)Nc1n[nH]c2c1CCNC2. The summed E-state index contributed by atoms with van der Waals surface area (Å²) < 4.78 is 0. The summed E-state index contributed by atoms with van der Waals surface area (Å²) in [6.07, 6.45) is 1.42. The Balaban J connectivity index is 2.04. The first-order valence-electron chi connectivity index (χ1n) is 6.02. The molecule has 2 heterocycles. The van der Waals surface area contributed by atoms with Crippen molar-refractivity contribution in [2.45, 2.75) is 40.2 Å². The van der Waals surface area contributed by atoms with Gasteiger partial charge in [-0.1, -0.05) is 20.8 Å². The molecule has 17 heavy (non-hydrogen) atoms. The third-order valence-electron chi connectivity index (χ3n) is 2.76. The molecular weight excluding hydrogens is 216 g/mol. The van der Waals surface area contributed by atoms with E-state index in [2.05, 4.69) is 41.6 Å². The van der Waals surface area contributed by atoms with Crippen LogP contribution in [0.4, 0.5) is 5.82 Å². The summed E-state index contributed by atoms with van der Waals surface area (Å²) in [4.78, 5) is 11.8. The van der Waals surface area contributed by atoms with Gasteiger partial charge in [-0.25, -0.2) is 0 Å². The number of anilines is 1. The normalized spacial score (nSPS) is 15.5. The van der Waals surface area contributed by atoms with Crippen molar-refractivity contribution in [3.63, 3.8) is 0 Å². The highest BCUT2D eigenvalue weighted by Crippen LogP contribution is 2.22. The molecule has 3 N–H and O–H groups in total. The van der Waals surface area contributed by atoms with Crippen LogP contribution in [-0.4, -0.2) is 22.6 Å². The number of hydrogen-bond acceptors (Lipinski definition) is 3. The zero-order valence-electron chi connectivity index (χ0n) is 10.7. The van der Waals surface area contributed by atoms with Crippen LogP contribution in [-0.2, 0) is 17.8 Å². The molecular formula is C12H20N4O. The van der Waals surface area contributed by atoms with Gasteiger partial charge in [0.2, 0.25) is 5.91 Å². The highest BCUT2D eigenvalue weighted by Gasteiger charge is 2.20. The number of nitrogens with zero attached hydrogens (tertiary/aromatic N) is 1. The first-order valence-corrected chi connectivity index (χ1v) is 6.02. The van der Waals surface area contributed by atoms with Crippen LogP contribution in [0.25, 0.3) is 0 Å². The van der Waals surface area contributed by atoms with Crippen LogP contribution >= 0.6 is 0 Å². The molecule has 0 radical (unpaired) electrons. The number of carbonyl (C=O) groups excluding carboxylic acids is 1. The summed E-state index contributed by atoms with van der Waals surface area (Å²) in [5.41, 5.74) is 2.23. The number of carbonyl (C=O) groups is 1. The molecule has 0 saturated heterocycles. The predicted molar refractivity (Wildman–Crippen MR) is 66.7 cm³/mol. The third kappa shape index (κ3) is 3.06.